The molecule has 1 aliphatic heterocycles. The molecule has 0 fully saturated rings. The zero-order valence-corrected chi connectivity index (χ0v) is 13.3. The highest BCUT2D eigenvalue weighted by Gasteiger charge is 2.27. The molecule has 21 heavy (non-hydrogen) atoms. The van der Waals surface area contributed by atoms with Crippen LogP contribution in [0.1, 0.15) is 16.3 Å². The van der Waals surface area contributed by atoms with E-state index in [1.54, 1.807) is 16.2 Å². The Morgan fingerprint density at radius 3 is 2.95 bits per heavy atom. The van der Waals surface area contributed by atoms with Crippen molar-refractivity contribution in [1.29, 1.82) is 0 Å². The number of rotatable bonds is 4. The lowest BCUT2D eigenvalue weighted by Crippen LogP contribution is -2.46. The van der Waals surface area contributed by atoms with Gasteiger partial charge >= 0.3 is 6.03 Å². The van der Waals surface area contributed by atoms with Crippen LogP contribution in [0.2, 0.25) is 0 Å². The minimum absolute atomic E-state index is 0.0443. The van der Waals surface area contributed by atoms with Crippen LogP contribution in [0, 0.1) is 0 Å². The van der Waals surface area contributed by atoms with Gasteiger partial charge in [0, 0.05) is 31.9 Å². The van der Waals surface area contributed by atoms with Crippen LogP contribution >= 0.6 is 22.9 Å². The van der Waals surface area contributed by atoms with Crippen LogP contribution in [0.4, 0.5) is 10.5 Å². The molecule has 2 aromatic rings. The molecule has 6 heteroatoms. The number of aromatic nitrogens is 1. The number of halogens is 1. The van der Waals surface area contributed by atoms with E-state index in [2.05, 4.69) is 11.1 Å². The average Bonchev–Trinajstić information content (AvgIpc) is 2.96. The molecule has 0 atom stereocenters. The minimum atomic E-state index is 0.0443. The number of anilines is 1. The molecule has 0 saturated carbocycles. The van der Waals surface area contributed by atoms with E-state index in [0.717, 1.165) is 22.8 Å². The van der Waals surface area contributed by atoms with Gasteiger partial charge in [-0.2, -0.15) is 0 Å². The average molecular weight is 322 g/mol. The Kier molecular flexibility index (Phi) is 4.12. The Bertz CT molecular complexity index is 658. The number of nitrogens with zero attached hydrogens (tertiary/aromatic N) is 3. The van der Waals surface area contributed by atoms with Gasteiger partial charge < -0.3 is 4.90 Å². The van der Waals surface area contributed by atoms with Crippen LogP contribution in [-0.4, -0.2) is 29.5 Å². The largest absolute Gasteiger partial charge is 0.324 e. The number of urea groups is 1. The summed E-state index contributed by atoms with van der Waals surface area (Å²) in [5, 5.41) is 2.99. The molecular formula is C15H16ClN3OS. The van der Waals surface area contributed by atoms with E-state index in [0.29, 0.717) is 19.0 Å². The Hall–Kier alpha value is -1.59. The van der Waals surface area contributed by atoms with Gasteiger partial charge in [-0.1, -0.05) is 18.2 Å². The van der Waals surface area contributed by atoms with E-state index >= 15 is 0 Å². The fourth-order valence-corrected chi connectivity index (χ4v) is 3.50. The third-order valence-electron chi connectivity index (χ3n) is 3.53. The van der Waals surface area contributed by atoms with Crippen LogP contribution in [0.15, 0.2) is 29.6 Å². The van der Waals surface area contributed by atoms with Crippen LogP contribution in [0.25, 0.3) is 0 Å². The second-order valence-electron chi connectivity index (χ2n) is 5.04. The van der Waals surface area contributed by atoms with Gasteiger partial charge in [0.2, 0.25) is 0 Å². The third kappa shape index (κ3) is 2.89. The molecule has 1 aliphatic rings. The lowest BCUT2D eigenvalue weighted by Gasteiger charge is -2.35. The summed E-state index contributed by atoms with van der Waals surface area (Å²) >= 11 is 7.37. The molecule has 1 aromatic carbocycles. The lowest BCUT2D eigenvalue weighted by molar-refractivity contribution is 0.210. The number of benzene rings is 1. The van der Waals surface area contributed by atoms with Crippen molar-refractivity contribution in [2.24, 2.45) is 0 Å². The number of alkyl halides is 1. The maximum absolute atomic E-state index is 12.4. The van der Waals surface area contributed by atoms with Gasteiger partial charge in [-0.25, -0.2) is 9.78 Å². The summed E-state index contributed by atoms with van der Waals surface area (Å²) in [6.07, 6.45) is 0.746. The highest BCUT2D eigenvalue weighted by Crippen LogP contribution is 2.28. The van der Waals surface area contributed by atoms with Gasteiger partial charge in [-0.05, 0) is 11.6 Å². The molecule has 0 aliphatic carbocycles. The minimum Gasteiger partial charge on any atom is -0.323 e. The standard InChI is InChI=1S/C15H16ClN3OS/c1-18-9-11-4-2-3-5-13(11)19(15(18)20)7-6-14-17-12(8-16)10-21-14/h2-5,10H,6-9H2,1H3. The highest BCUT2D eigenvalue weighted by atomic mass is 35.5. The van der Waals surface area contributed by atoms with Crippen molar-refractivity contribution in [1.82, 2.24) is 9.88 Å². The zero-order chi connectivity index (χ0) is 14.8. The van der Waals surface area contributed by atoms with Gasteiger partial charge in [-0.15, -0.1) is 22.9 Å². The quantitative estimate of drug-likeness (QED) is 0.808. The summed E-state index contributed by atoms with van der Waals surface area (Å²) in [7, 11) is 1.83. The number of fused-ring (bicyclic) bond motifs is 1. The summed E-state index contributed by atoms with van der Waals surface area (Å²) in [5.74, 6) is 0.435. The van der Waals surface area contributed by atoms with Crippen molar-refractivity contribution in [2.75, 3.05) is 18.5 Å². The Labute approximate surface area is 133 Å². The summed E-state index contributed by atoms with van der Waals surface area (Å²) < 4.78 is 0. The first-order valence-electron chi connectivity index (χ1n) is 6.79. The predicted molar refractivity (Wildman–Crippen MR) is 86.0 cm³/mol. The normalized spacial score (nSPS) is 14.5. The lowest BCUT2D eigenvalue weighted by atomic mass is 10.1. The number of amides is 2. The SMILES string of the molecule is CN1Cc2ccccc2N(CCc2nc(CCl)cs2)C1=O. The number of carbonyl (C=O) groups is 1. The maximum Gasteiger partial charge on any atom is 0.324 e. The smallest absolute Gasteiger partial charge is 0.323 e. The Morgan fingerprint density at radius 1 is 1.38 bits per heavy atom. The first-order valence-corrected chi connectivity index (χ1v) is 8.20. The molecule has 0 N–H and O–H groups in total. The summed E-state index contributed by atoms with van der Waals surface area (Å²) in [6, 6.07) is 8.10. The first kappa shape index (κ1) is 14.4. The van der Waals surface area contributed by atoms with Crippen molar-refractivity contribution in [3.05, 3.63) is 45.9 Å². The van der Waals surface area contributed by atoms with Crippen molar-refractivity contribution in [3.8, 4) is 0 Å². The van der Waals surface area contributed by atoms with Gasteiger partial charge in [0.1, 0.15) is 0 Å². The summed E-state index contributed by atoms with van der Waals surface area (Å²) in [6.45, 7) is 1.30. The number of hydrogen-bond donors (Lipinski definition) is 0. The van der Waals surface area contributed by atoms with E-state index in [1.165, 1.54) is 5.56 Å². The Balaban J connectivity index is 1.78. The number of carbonyl (C=O) groups excluding carboxylic acids is 1. The first-order chi connectivity index (χ1) is 10.2. The van der Waals surface area contributed by atoms with E-state index in [1.807, 2.05) is 35.5 Å². The molecule has 0 radical (unpaired) electrons. The van der Waals surface area contributed by atoms with Crippen molar-refractivity contribution >= 4 is 34.7 Å². The van der Waals surface area contributed by atoms with Gasteiger partial charge in [0.05, 0.1) is 22.3 Å². The Morgan fingerprint density at radius 2 is 2.19 bits per heavy atom. The molecule has 0 saturated heterocycles. The number of hydrogen-bond acceptors (Lipinski definition) is 3. The van der Waals surface area contributed by atoms with Crippen molar-refractivity contribution in [3.63, 3.8) is 0 Å². The fourth-order valence-electron chi connectivity index (χ4n) is 2.49. The molecule has 0 bridgehead atoms. The van der Waals surface area contributed by atoms with Gasteiger partial charge in [0.25, 0.3) is 0 Å². The molecule has 3 rings (SSSR count). The van der Waals surface area contributed by atoms with Crippen molar-refractivity contribution < 1.29 is 4.79 Å². The summed E-state index contributed by atoms with van der Waals surface area (Å²) in [4.78, 5) is 20.4. The van der Waals surface area contributed by atoms with Crippen molar-refractivity contribution in [2.45, 2.75) is 18.8 Å². The molecule has 1 aromatic heterocycles. The second kappa shape index (κ2) is 6.03. The number of thiazole rings is 1. The fraction of sp³-hybridized carbons (Fsp3) is 0.333. The maximum atomic E-state index is 12.4. The molecule has 2 amide bonds. The predicted octanol–water partition coefficient (Wildman–Crippen LogP) is 3.50. The number of para-hydroxylation sites is 1. The third-order valence-corrected chi connectivity index (χ3v) is 4.76. The highest BCUT2D eigenvalue weighted by molar-refractivity contribution is 7.09. The molecule has 0 unspecified atom stereocenters. The van der Waals surface area contributed by atoms with E-state index in [-0.39, 0.29) is 6.03 Å². The van der Waals surface area contributed by atoms with Gasteiger partial charge in [-0.3, -0.25) is 4.90 Å². The zero-order valence-electron chi connectivity index (χ0n) is 11.8. The molecule has 110 valence electrons. The topological polar surface area (TPSA) is 36.4 Å². The van der Waals surface area contributed by atoms with E-state index < -0.39 is 0 Å². The monoisotopic (exact) mass is 321 g/mol. The molecule has 0 spiro atoms. The van der Waals surface area contributed by atoms with Crippen LogP contribution < -0.4 is 4.90 Å². The van der Waals surface area contributed by atoms with E-state index in [9.17, 15) is 4.79 Å². The second-order valence-corrected chi connectivity index (χ2v) is 6.25. The van der Waals surface area contributed by atoms with Crippen LogP contribution in [0.5, 0.6) is 0 Å². The molecular weight excluding hydrogens is 306 g/mol. The summed E-state index contributed by atoms with van der Waals surface area (Å²) in [5.41, 5.74) is 3.09. The van der Waals surface area contributed by atoms with E-state index in [4.69, 9.17) is 11.6 Å². The van der Waals surface area contributed by atoms with Crippen LogP contribution in [0.3, 0.4) is 0 Å². The van der Waals surface area contributed by atoms with Gasteiger partial charge in [0.15, 0.2) is 0 Å². The van der Waals surface area contributed by atoms with Crippen LogP contribution in [-0.2, 0) is 18.8 Å². The molecule has 4 nitrogen and oxygen atoms in total. The molecule has 2 heterocycles.